The molecule has 0 aliphatic carbocycles. The molecule has 1 aliphatic heterocycles. The molecule has 0 aromatic carbocycles. The van der Waals surface area contributed by atoms with Crippen LogP contribution in [0, 0.1) is 6.92 Å². The predicted molar refractivity (Wildman–Crippen MR) is 71.3 cm³/mol. The minimum Gasteiger partial charge on any atom is -0.341 e. The van der Waals surface area contributed by atoms with E-state index in [1.165, 1.54) is 19.3 Å². The molecule has 0 saturated carbocycles. The van der Waals surface area contributed by atoms with Crippen molar-refractivity contribution >= 4 is 5.91 Å². The highest BCUT2D eigenvalue weighted by Gasteiger charge is 2.22. The zero-order chi connectivity index (χ0) is 13.0. The number of amides is 1. The van der Waals surface area contributed by atoms with Crippen molar-refractivity contribution in [2.24, 2.45) is 0 Å². The van der Waals surface area contributed by atoms with Gasteiger partial charge in [-0.05, 0) is 26.7 Å². The molecule has 2 heterocycles. The Hall–Kier alpha value is -1.32. The van der Waals surface area contributed by atoms with E-state index in [1.807, 2.05) is 29.5 Å². The van der Waals surface area contributed by atoms with Crippen molar-refractivity contribution in [1.82, 2.24) is 14.5 Å². The summed E-state index contributed by atoms with van der Waals surface area (Å²) >= 11 is 0. The third-order valence-electron chi connectivity index (χ3n) is 3.80. The van der Waals surface area contributed by atoms with Gasteiger partial charge in [0.05, 0.1) is 0 Å². The van der Waals surface area contributed by atoms with Crippen LogP contribution in [0.5, 0.6) is 0 Å². The molecule has 1 fully saturated rings. The van der Waals surface area contributed by atoms with Gasteiger partial charge >= 0.3 is 0 Å². The minimum absolute atomic E-state index is 0.132. The summed E-state index contributed by atoms with van der Waals surface area (Å²) in [6.07, 6.45) is 9.75. The minimum atomic E-state index is -0.132. The summed E-state index contributed by atoms with van der Waals surface area (Å²) in [5, 5.41) is 0. The fourth-order valence-electron chi connectivity index (χ4n) is 2.65. The summed E-state index contributed by atoms with van der Waals surface area (Å²) in [5.41, 5.74) is 0. The lowest BCUT2D eigenvalue weighted by atomic mass is 10.1. The molecule has 1 saturated heterocycles. The van der Waals surface area contributed by atoms with E-state index in [-0.39, 0.29) is 11.9 Å². The monoisotopic (exact) mass is 249 g/mol. The van der Waals surface area contributed by atoms with E-state index in [1.54, 1.807) is 6.20 Å². The molecule has 2 rings (SSSR count). The van der Waals surface area contributed by atoms with E-state index in [2.05, 4.69) is 4.98 Å². The van der Waals surface area contributed by atoms with Crippen LogP contribution in [0.1, 0.15) is 50.9 Å². The van der Waals surface area contributed by atoms with Crippen molar-refractivity contribution < 1.29 is 4.79 Å². The van der Waals surface area contributed by atoms with Gasteiger partial charge in [0.15, 0.2) is 0 Å². The third-order valence-corrected chi connectivity index (χ3v) is 3.80. The molecule has 4 heteroatoms. The molecule has 0 N–H and O–H groups in total. The second kappa shape index (κ2) is 6.03. The lowest BCUT2D eigenvalue weighted by Gasteiger charge is -2.28. The van der Waals surface area contributed by atoms with Crippen molar-refractivity contribution in [3.63, 3.8) is 0 Å². The Morgan fingerprint density at radius 1 is 1.22 bits per heavy atom. The molecule has 1 aliphatic rings. The maximum absolute atomic E-state index is 12.5. The Morgan fingerprint density at radius 3 is 2.39 bits per heavy atom. The summed E-state index contributed by atoms with van der Waals surface area (Å²) in [6.45, 7) is 5.74. The molecular weight excluding hydrogens is 226 g/mol. The average Bonchev–Trinajstić information content (AvgIpc) is 2.73. The van der Waals surface area contributed by atoms with Crippen LogP contribution >= 0.6 is 0 Å². The molecule has 0 spiro atoms. The lowest BCUT2D eigenvalue weighted by molar-refractivity contribution is -0.134. The highest BCUT2D eigenvalue weighted by atomic mass is 16.2. The second-order valence-corrected chi connectivity index (χ2v) is 5.15. The Kier molecular flexibility index (Phi) is 4.39. The topological polar surface area (TPSA) is 38.1 Å². The van der Waals surface area contributed by atoms with E-state index in [4.69, 9.17) is 0 Å². The lowest BCUT2D eigenvalue weighted by Crippen LogP contribution is -2.38. The van der Waals surface area contributed by atoms with Gasteiger partial charge in [0.2, 0.25) is 5.91 Å². The smallest absolute Gasteiger partial charge is 0.245 e. The van der Waals surface area contributed by atoms with Crippen LogP contribution < -0.4 is 0 Å². The van der Waals surface area contributed by atoms with Crippen LogP contribution in [0.3, 0.4) is 0 Å². The van der Waals surface area contributed by atoms with E-state index in [0.717, 1.165) is 31.8 Å². The fraction of sp³-hybridized carbons (Fsp3) is 0.714. The number of aryl methyl sites for hydroxylation is 1. The van der Waals surface area contributed by atoms with Crippen molar-refractivity contribution in [3.8, 4) is 0 Å². The summed E-state index contributed by atoms with van der Waals surface area (Å²) in [7, 11) is 0. The Labute approximate surface area is 109 Å². The van der Waals surface area contributed by atoms with Gasteiger partial charge in [0, 0.05) is 25.5 Å². The molecule has 18 heavy (non-hydrogen) atoms. The van der Waals surface area contributed by atoms with Crippen LogP contribution in [-0.2, 0) is 4.79 Å². The highest BCUT2D eigenvalue weighted by molar-refractivity contribution is 5.80. The second-order valence-electron chi connectivity index (χ2n) is 5.15. The molecular formula is C14H23N3O. The van der Waals surface area contributed by atoms with Crippen molar-refractivity contribution in [2.75, 3.05) is 13.1 Å². The number of imidazole rings is 1. The predicted octanol–water partition coefficient (Wildman–Crippen LogP) is 2.55. The van der Waals surface area contributed by atoms with Gasteiger partial charge in [-0.2, -0.15) is 0 Å². The van der Waals surface area contributed by atoms with Crippen LogP contribution in [0.2, 0.25) is 0 Å². The molecule has 100 valence electrons. The van der Waals surface area contributed by atoms with Crippen LogP contribution in [0.4, 0.5) is 0 Å². The summed E-state index contributed by atoms with van der Waals surface area (Å²) in [5.74, 6) is 1.14. The van der Waals surface area contributed by atoms with Crippen molar-refractivity contribution in [2.45, 2.75) is 52.0 Å². The van der Waals surface area contributed by atoms with E-state index in [0.29, 0.717) is 0 Å². The van der Waals surface area contributed by atoms with Gasteiger partial charge in [-0.25, -0.2) is 4.98 Å². The number of hydrogen-bond donors (Lipinski definition) is 0. The van der Waals surface area contributed by atoms with Crippen LogP contribution in [0.25, 0.3) is 0 Å². The highest BCUT2D eigenvalue weighted by Crippen LogP contribution is 2.16. The first-order valence-corrected chi connectivity index (χ1v) is 6.98. The number of hydrogen-bond acceptors (Lipinski definition) is 2. The number of rotatable bonds is 2. The van der Waals surface area contributed by atoms with E-state index < -0.39 is 0 Å². The Bertz CT molecular complexity index is 391. The van der Waals surface area contributed by atoms with Crippen LogP contribution in [-0.4, -0.2) is 33.4 Å². The standard InChI is InChI=1S/C14H23N3O/c1-12(17-11-8-15-13(17)2)14(18)16-9-6-4-3-5-7-10-16/h8,11-12H,3-7,9-10H2,1-2H3/t12-/m0/s1. The van der Waals surface area contributed by atoms with E-state index >= 15 is 0 Å². The van der Waals surface area contributed by atoms with Gasteiger partial charge in [0.25, 0.3) is 0 Å². The molecule has 0 bridgehead atoms. The Balaban J connectivity index is 2.03. The maximum Gasteiger partial charge on any atom is 0.245 e. The van der Waals surface area contributed by atoms with E-state index in [9.17, 15) is 4.79 Å². The first kappa shape index (κ1) is 13.1. The number of nitrogens with zero attached hydrogens (tertiary/aromatic N) is 3. The molecule has 0 unspecified atom stereocenters. The largest absolute Gasteiger partial charge is 0.341 e. The molecule has 1 aromatic rings. The molecule has 1 aromatic heterocycles. The molecule has 4 nitrogen and oxygen atoms in total. The van der Waals surface area contributed by atoms with Gasteiger partial charge < -0.3 is 9.47 Å². The average molecular weight is 249 g/mol. The van der Waals surface area contributed by atoms with Gasteiger partial charge in [-0.1, -0.05) is 19.3 Å². The number of carbonyl (C=O) groups is 1. The Morgan fingerprint density at radius 2 is 1.83 bits per heavy atom. The van der Waals surface area contributed by atoms with Crippen LogP contribution in [0.15, 0.2) is 12.4 Å². The summed E-state index contributed by atoms with van der Waals surface area (Å²) in [6, 6.07) is -0.132. The maximum atomic E-state index is 12.5. The number of likely N-dealkylation sites (tertiary alicyclic amines) is 1. The molecule has 0 radical (unpaired) electrons. The summed E-state index contributed by atoms with van der Waals surface area (Å²) in [4.78, 5) is 18.7. The SMILES string of the molecule is Cc1nccn1[C@@H](C)C(=O)N1CCCCCCC1. The van der Waals surface area contributed by atoms with Gasteiger partial charge in [0.1, 0.15) is 11.9 Å². The summed E-state index contributed by atoms with van der Waals surface area (Å²) < 4.78 is 1.96. The zero-order valence-corrected chi connectivity index (χ0v) is 11.4. The zero-order valence-electron chi connectivity index (χ0n) is 11.4. The number of carbonyl (C=O) groups excluding carboxylic acids is 1. The van der Waals surface area contributed by atoms with Gasteiger partial charge in [-0.3, -0.25) is 4.79 Å². The third kappa shape index (κ3) is 2.92. The fourth-order valence-corrected chi connectivity index (χ4v) is 2.65. The van der Waals surface area contributed by atoms with Crippen molar-refractivity contribution in [1.29, 1.82) is 0 Å². The first-order chi connectivity index (χ1) is 8.70. The molecule has 1 atom stereocenters. The normalized spacial score (nSPS) is 19.1. The molecule has 1 amide bonds. The first-order valence-electron chi connectivity index (χ1n) is 6.98. The van der Waals surface area contributed by atoms with Crippen molar-refractivity contribution in [3.05, 3.63) is 18.2 Å². The quantitative estimate of drug-likeness (QED) is 0.808. The number of aromatic nitrogens is 2. The van der Waals surface area contributed by atoms with Gasteiger partial charge in [-0.15, -0.1) is 0 Å².